The van der Waals surface area contributed by atoms with Crippen LogP contribution in [0.15, 0.2) is 19.2 Å². The molecule has 0 radical (unpaired) electrons. The molecule has 0 fully saturated rings. The second kappa shape index (κ2) is 3.71. The molecule has 0 saturated carbocycles. The number of aryl methyl sites for hydroxylation is 1. The maximum atomic E-state index is 10.9. The summed E-state index contributed by atoms with van der Waals surface area (Å²) in [6, 6.07) is 0. The number of carbonyl (C=O) groups excluding carboxylic acids is 1. The first-order valence-corrected chi connectivity index (χ1v) is 3.80. The molecule has 4 heteroatoms. The van der Waals surface area contributed by atoms with Gasteiger partial charge in [-0.3, -0.25) is 4.79 Å². The highest BCUT2D eigenvalue weighted by atomic mass is 16.1. The predicted molar refractivity (Wildman–Crippen MR) is 52.2 cm³/mol. The molecule has 0 aromatic carbocycles. The van der Waals surface area contributed by atoms with Crippen molar-refractivity contribution in [2.24, 2.45) is 0 Å². The number of nitrogens with zero attached hydrogens (tertiary/aromatic N) is 1. The maximum Gasteiger partial charge on any atom is 0.248 e. The Balaban J connectivity index is 2.88. The van der Waals surface area contributed by atoms with Crippen molar-refractivity contribution in [3.63, 3.8) is 0 Å². The fourth-order valence-electron chi connectivity index (χ4n) is 0.870. The zero-order chi connectivity index (χ0) is 9.84. The lowest BCUT2D eigenvalue weighted by atomic mass is 10.4. The molecule has 1 heterocycles. The molecule has 0 aliphatic carbocycles. The van der Waals surface area contributed by atoms with Crippen molar-refractivity contribution in [1.29, 1.82) is 0 Å². The lowest BCUT2D eigenvalue weighted by Crippen LogP contribution is -2.08. The van der Waals surface area contributed by atoms with Gasteiger partial charge in [-0.2, -0.15) is 0 Å². The molecule has 1 aromatic rings. The minimum Gasteiger partial charge on any atom is -0.341 e. The summed E-state index contributed by atoms with van der Waals surface area (Å²) in [6.07, 6.45) is 2.78. The van der Waals surface area contributed by atoms with Crippen molar-refractivity contribution in [1.82, 2.24) is 9.97 Å². The standard InChI is InChI=1S/C9H11N3O/c1-4-7-10-6(3)9(11-7)12-8(13)5-2/h4-5H,1-2H2,3H3,(H,10,11)(H,12,13). The van der Waals surface area contributed by atoms with Crippen LogP contribution in [0.25, 0.3) is 6.08 Å². The van der Waals surface area contributed by atoms with Crippen LogP contribution in [0.1, 0.15) is 11.5 Å². The summed E-state index contributed by atoms with van der Waals surface area (Å²) in [5, 5.41) is 2.57. The van der Waals surface area contributed by atoms with Crippen molar-refractivity contribution in [3.05, 3.63) is 30.8 Å². The van der Waals surface area contributed by atoms with E-state index in [0.717, 1.165) is 5.69 Å². The molecular weight excluding hydrogens is 166 g/mol. The van der Waals surface area contributed by atoms with Crippen LogP contribution >= 0.6 is 0 Å². The molecule has 0 saturated heterocycles. The number of imidazole rings is 1. The Morgan fingerprint density at radius 1 is 1.62 bits per heavy atom. The van der Waals surface area contributed by atoms with Crippen molar-refractivity contribution in [3.8, 4) is 0 Å². The molecule has 13 heavy (non-hydrogen) atoms. The Morgan fingerprint density at radius 2 is 2.31 bits per heavy atom. The lowest BCUT2D eigenvalue weighted by Gasteiger charge is -1.96. The van der Waals surface area contributed by atoms with Crippen LogP contribution in [0.4, 0.5) is 5.82 Å². The van der Waals surface area contributed by atoms with Gasteiger partial charge in [-0.15, -0.1) is 0 Å². The monoisotopic (exact) mass is 177 g/mol. The number of amides is 1. The molecule has 0 unspecified atom stereocenters. The first-order chi connectivity index (χ1) is 6.17. The topological polar surface area (TPSA) is 57.8 Å². The van der Waals surface area contributed by atoms with E-state index in [1.807, 2.05) is 6.92 Å². The molecule has 1 rings (SSSR count). The number of aromatic amines is 1. The Hall–Kier alpha value is -1.84. The van der Waals surface area contributed by atoms with Gasteiger partial charge in [-0.25, -0.2) is 4.98 Å². The van der Waals surface area contributed by atoms with E-state index >= 15 is 0 Å². The molecule has 0 aliphatic heterocycles. The van der Waals surface area contributed by atoms with E-state index in [0.29, 0.717) is 11.6 Å². The molecule has 0 spiro atoms. The quantitative estimate of drug-likeness (QED) is 0.687. The Morgan fingerprint density at radius 3 is 2.77 bits per heavy atom. The third kappa shape index (κ3) is 2.05. The van der Waals surface area contributed by atoms with Crippen LogP contribution < -0.4 is 5.32 Å². The van der Waals surface area contributed by atoms with Gasteiger partial charge in [0, 0.05) is 0 Å². The Labute approximate surface area is 76.4 Å². The number of hydrogen-bond acceptors (Lipinski definition) is 2. The van der Waals surface area contributed by atoms with Crippen LogP contribution in [0.5, 0.6) is 0 Å². The zero-order valence-electron chi connectivity index (χ0n) is 7.42. The van der Waals surface area contributed by atoms with Crippen molar-refractivity contribution in [2.45, 2.75) is 6.92 Å². The van der Waals surface area contributed by atoms with E-state index in [2.05, 4.69) is 28.4 Å². The van der Waals surface area contributed by atoms with Gasteiger partial charge in [0.05, 0.1) is 5.69 Å². The van der Waals surface area contributed by atoms with Gasteiger partial charge in [-0.1, -0.05) is 13.2 Å². The van der Waals surface area contributed by atoms with Gasteiger partial charge >= 0.3 is 0 Å². The highest BCUT2D eigenvalue weighted by Gasteiger charge is 2.05. The number of H-pyrrole nitrogens is 1. The first kappa shape index (κ1) is 9.25. The van der Waals surface area contributed by atoms with Gasteiger partial charge in [0.25, 0.3) is 0 Å². The molecule has 2 N–H and O–H groups in total. The van der Waals surface area contributed by atoms with Crippen LogP contribution in [0.2, 0.25) is 0 Å². The summed E-state index contributed by atoms with van der Waals surface area (Å²) in [7, 11) is 0. The van der Waals surface area contributed by atoms with Gasteiger partial charge in [-0.05, 0) is 19.1 Å². The number of nitrogens with one attached hydrogen (secondary N) is 2. The Kier molecular flexibility index (Phi) is 2.64. The van der Waals surface area contributed by atoms with Crippen molar-refractivity contribution >= 4 is 17.8 Å². The van der Waals surface area contributed by atoms with E-state index in [-0.39, 0.29) is 5.91 Å². The third-order valence-electron chi connectivity index (χ3n) is 1.52. The van der Waals surface area contributed by atoms with Crippen LogP contribution in [-0.4, -0.2) is 15.9 Å². The maximum absolute atomic E-state index is 10.9. The molecule has 1 amide bonds. The molecule has 1 aromatic heterocycles. The normalized spacial score (nSPS) is 9.31. The number of hydrogen-bond donors (Lipinski definition) is 2. The highest BCUT2D eigenvalue weighted by molar-refractivity contribution is 5.98. The number of aromatic nitrogens is 2. The van der Waals surface area contributed by atoms with E-state index in [1.54, 1.807) is 6.08 Å². The van der Waals surface area contributed by atoms with E-state index in [4.69, 9.17) is 0 Å². The predicted octanol–water partition coefficient (Wildman–Crippen LogP) is 1.49. The van der Waals surface area contributed by atoms with Gasteiger partial charge in [0.2, 0.25) is 5.91 Å². The molecule has 4 nitrogen and oxygen atoms in total. The summed E-state index contributed by atoms with van der Waals surface area (Å²) in [5.74, 6) is 0.877. The molecule has 0 aliphatic rings. The summed E-state index contributed by atoms with van der Waals surface area (Å²) < 4.78 is 0. The third-order valence-corrected chi connectivity index (χ3v) is 1.52. The van der Waals surface area contributed by atoms with Gasteiger partial charge in [0.15, 0.2) is 5.82 Å². The van der Waals surface area contributed by atoms with Crippen LogP contribution in [0.3, 0.4) is 0 Å². The van der Waals surface area contributed by atoms with E-state index in [1.165, 1.54) is 6.08 Å². The lowest BCUT2D eigenvalue weighted by molar-refractivity contribution is -0.111. The second-order valence-corrected chi connectivity index (χ2v) is 2.49. The minimum absolute atomic E-state index is 0.273. The van der Waals surface area contributed by atoms with E-state index in [9.17, 15) is 4.79 Å². The first-order valence-electron chi connectivity index (χ1n) is 3.80. The second-order valence-electron chi connectivity index (χ2n) is 2.49. The fourth-order valence-corrected chi connectivity index (χ4v) is 0.870. The number of rotatable bonds is 3. The summed E-state index contributed by atoms with van der Waals surface area (Å²) in [4.78, 5) is 17.9. The van der Waals surface area contributed by atoms with Gasteiger partial charge in [0.1, 0.15) is 5.82 Å². The van der Waals surface area contributed by atoms with Gasteiger partial charge < -0.3 is 10.3 Å². The largest absolute Gasteiger partial charge is 0.341 e. The molecular formula is C9H11N3O. The van der Waals surface area contributed by atoms with E-state index < -0.39 is 0 Å². The molecule has 0 bridgehead atoms. The average molecular weight is 177 g/mol. The number of carbonyl (C=O) groups is 1. The smallest absolute Gasteiger partial charge is 0.248 e. The number of anilines is 1. The average Bonchev–Trinajstić information content (AvgIpc) is 2.47. The molecule has 0 atom stereocenters. The zero-order valence-corrected chi connectivity index (χ0v) is 7.42. The summed E-state index contributed by atoms with van der Waals surface area (Å²) in [5.41, 5.74) is 0.796. The minimum atomic E-state index is -0.273. The van der Waals surface area contributed by atoms with Crippen molar-refractivity contribution < 1.29 is 4.79 Å². The summed E-state index contributed by atoms with van der Waals surface area (Å²) in [6.45, 7) is 8.72. The van der Waals surface area contributed by atoms with Crippen molar-refractivity contribution in [2.75, 3.05) is 5.32 Å². The summed E-state index contributed by atoms with van der Waals surface area (Å²) >= 11 is 0. The molecule has 68 valence electrons. The van der Waals surface area contributed by atoms with Crippen LogP contribution in [0, 0.1) is 6.92 Å². The highest BCUT2D eigenvalue weighted by Crippen LogP contribution is 2.11. The SMILES string of the molecule is C=CC(=O)Nc1nc(C=C)[nH]c1C. The fraction of sp³-hybridized carbons (Fsp3) is 0.111. The Bertz CT molecular complexity index is 352. The van der Waals surface area contributed by atoms with Crippen LogP contribution in [-0.2, 0) is 4.79 Å².